The molecule has 10 heteroatoms. The van der Waals surface area contributed by atoms with Gasteiger partial charge in [-0.25, -0.2) is 0 Å². The number of aromatic nitrogens is 3. The van der Waals surface area contributed by atoms with Crippen LogP contribution in [0.1, 0.15) is 21.7 Å². The molecule has 0 radical (unpaired) electrons. The number of rotatable bonds is 7. The van der Waals surface area contributed by atoms with Gasteiger partial charge in [-0.1, -0.05) is 65.8 Å². The predicted molar refractivity (Wildman–Crippen MR) is 126 cm³/mol. The van der Waals surface area contributed by atoms with E-state index in [1.165, 1.54) is 11.8 Å². The summed E-state index contributed by atoms with van der Waals surface area (Å²) in [5.41, 5.74) is 6.95. The maximum absolute atomic E-state index is 12.3. The number of amides is 2. The monoisotopic (exact) mass is 481 g/mol. The van der Waals surface area contributed by atoms with Crippen molar-refractivity contribution >= 4 is 35.2 Å². The van der Waals surface area contributed by atoms with E-state index in [2.05, 4.69) is 21.0 Å². The highest BCUT2D eigenvalue weighted by Crippen LogP contribution is 2.28. The van der Waals surface area contributed by atoms with Crippen LogP contribution >= 0.6 is 23.4 Å². The molecule has 2 aromatic heterocycles. The first-order valence-electron chi connectivity index (χ1n) is 10.0. The Morgan fingerprint density at radius 1 is 1.03 bits per heavy atom. The van der Waals surface area contributed by atoms with Crippen molar-refractivity contribution in [1.29, 1.82) is 0 Å². The van der Waals surface area contributed by atoms with E-state index in [1.807, 2.05) is 47.9 Å². The molecule has 2 N–H and O–H groups in total. The van der Waals surface area contributed by atoms with E-state index in [-0.39, 0.29) is 11.3 Å². The van der Waals surface area contributed by atoms with Gasteiger partial charge in [-0.15, -0.1) is 10.2 Å². The first-order chi connectivity index (χ1) is 16.0. The summed E-state index contributed by atoms with van der Waals surface area (Å²) in [4.78, 5) is 24.6. The highest BCUT2D eigenvalue weighted by atomic mass is 35.5. The predicted octanol–water partition coefficient (Wildman–Crippen LogP) is 4.10. The molecular formula is C23H20ClN5O3S. The van der Waals surface area contributed by atoms with E-state index in [4.69, 9.17) is 16.0 Å². The average molecular weight is 482 g/mol. The molecule has 2 aromatic carbocycles. The zero-order valence-corrected chi connectivity index (χ0v) is 19.2. The zero-order chi connectivity index (χ0) is 23.2. The molecule has 2 amide bonds. The van der Waals surface area contributed by atoms with Crippen LogP contribution in [0.25, 0.3) is 11.4 Å². The maximum atomic E-state index is 12.3. The van der Waals surface area contributed by atoms with Crippen LogP contribution in [0.4, 0.5) is 0 Å². The molecule has 0 saturated heterocycles. The lowest BCUT2D eigenvalue weighted by Gasteiger charge is -2.11. The molecule has 4 aromatic rings. The molecular weight excluding hydrogens is 462 g/mol. The third kappa shape index (κ3) is 5.44. The van der Waals surface area contributed by atoms with Crippen LogP contribution in [0, 0.1) is 6.92 Å². The third-order valence-corrected chi connectivity index (χ3v) is 6.06. The van der Waals surface area contributed by atoms with Gasteiger partial charge in [-0.3, -0.25) is 25.0 Å². The highest BCUT2D eigenvalue weighted by Gasteiger charge is 2.19. The number of hydrogen-bond acceptors (Lipinski definition) is 6. The number of nitrogens with zero attached hydrogens (tertiary/aromatic N) is 3. The number of thioether (sulfide) groups is 1. The average Bonchev–Trinajstić information content (AvgIpc) is 3.42. The van der Waals surface area contributed by atoms with Gasteiger partial charge < -0.3 is 4.42 Å². The van der Waals surface area contributed by atoms with Crippen molar-refractivity contribution in [2.45, 2.75) is 18.6 Å². The van der Waals surface area contributed by atoms with E-state index in [0.29, 0.717) is 22.5 Å². The number of hydrazine groups is 1. The topological polar surface area (TPSA) is 102 Å². The van der Waals surface area contributed by atoms with Crippen LogP contribution in [-0.2, 0) is 11.3 Å². The summed E-state index contributed by atoms with van der Waals surface area (Å²) in [7, 11) is 0. The van der Waals surface area contributed by atoms with Gasteiger partial charge in [0.25, 0.3) is 5.91 Å². The standard InChI is InChI=1S/C23H20ClN5O3S/c1-15-17(11-12-32-15)21-26-28-23(29(21)13-16-7-3-2-4-8-16)33-14-20(30)25-27-22(31)18-9-5-6-10-19(18)24/h2-12H,13-14H2,1H3,(H,25,30)(H,27,31). The van der Waals surface area contributed by atoms with Crippen LogP contribution in [0.5, 0.6) is 0 Å². The fourth-order valence-electron chi connectivity index (χ4n) is 3.13. The molecule has 0 aliphatic rings. The molecule has 168 valence electrons. The molecule has 0 spiro atoms. The highest BCUT2D eigenvalue weighted by molar-refractivity contribution is 7.99. The van der Waals surface area contributed by atoms with Crippen molar-refractivity contribution in [2.24, 2.45) is 0 Å². The van der Waals surface area contributed by atoms with Gasteiger partial charge >= 0.3 is 0 Å². The Kier molecular flexibility index (Phi) is 7.11. The molecule has 0 fully saturated rings. The first-order valence-corrected chi connectivity index (χ1v) is 11.4. The molecule has 4 rings (SSSR count). The number of halogens is 1. The first kappa shape index (κ1) is 22.6. The summed E-state index contributed by atoms with van der Waals surface area (Å²) in [6.45, 7) is 2.39. The largest absolute Gasteiger partial charge is 0.469 e. The lowest BCUT2D eigenvalue weighted by atomic mass is 10.2. The zero-order valence-electron chi connectivity index (χ0n) is 17.6. The molecule has 0 aliphatic carbocycles. The van der Waals surface area contributed by atoms with Crippen molar-refractivity contribution in [3.63, 3.8) is 0 Å². The third-order valence-electron chi connectivity index (χ3n) is 4.77. The van der Waals surface area contributed by atoms with Gasteiger partial charge in [0.05, 0.1) is 34.7 Å². The Morgan fingerprint density at radius 3 is 2.52 bits per heavy atom. The van der Waals surface area contributed by atoms with Crippen molar-refractivity contribution in [2.75, 3.05) is 5.75 Å². The summed E-state index contributed by atoms with van der Waals surface area (Å²) < 4.78 is 7.37. The number of aryl methyl sites for hydroxylation is 1. The Bertz CT molecular complexity index is 1270. The minimum atomic E-state index is -0.496. The molecule has 2 heterocycles. The van der Waals surface area contributed by atoms with E-state index in [9.17, 15) is 9.59 Å². The lowest BCUT2D eigenvalue weighted by Crippen LogP contribution is -2.42. The second-order valence-electron chi connectivity index (χ2n) is 7.04. The summed E-state index contributed by atoms with van der Waals surface area (Å²) in [6.07, 6.45) is 1.61. The SMILES string of the molecule is Cc1occc1-c1nnc(SCC(=O)NNC(=O)c2ccccc2Cl)n1Cc1ccccc1. The van der Waals surface area contributed by atoms with Gasteiger partial charge in [0.2, 0.25) is 5.91 Å². The Morgan fingerprint density at radius 2 is 1.79 bits per heavy atom. The van der Waals surface area contributed by atoms with Crippen molar-refractivity contribution < 1.29 is 14.0 Å². The van der Waals surface area contributed by atoms with E-state index in [1.54, 1.807) is 30.5 Å². The van der Waals surface area contributed by atoms with E-state index >= 15 is 0 Å². The van der Waals surface area contributed by atoms with Crippen LogP contribution in [0.15, 0.2) is 76.5 Å². The summed E-state index contributed by atoms with van der Waals surface area (Å²) >= 11 is 7.23. The molecule has 0 atom stereocenters. The van der Waals surface area contributed by atoms with Crippen LogP contribution < -0.4 is 10.9 Å². The fourth-order valence-corrected chi connectivity index (χ4v) is 4.08. The number of furan rings is 1. The Hall–Kier alpha value is -3.56. The summed E-state index contributed by atoms with van der Waals surface area (Å²) in [6, 6.07) is 18.3. The summed E-state index contributed by atoms with van der Waals surface area (Å²) in [5, 5.41) is 9.49. The fraction of sp³-hybridized carbons (Fsp3) is 0.130. The second-order valence-corrected chi connectivity index (χ2v) is 8.39. The van der Waals surface area contributed by atoms with Gasteiger partial charge in [-0.2, -0.15) is 0 Å². The molecule has 0 unspecified atom stereocenters. The number of carbonyl (C=O) groups excluding carboxylic acids is 2. The molecule has 0 bridgehead atoms. The van der Waals surface area contributed by atoms with E-state index in [0.717, 1.165) is 16.9 Å². The van der Waals surface area contributed by atoms with Crippen molar-refractivity contribution in [3.8, 4) is 11.4 Å². The summed E-state index contributed by atoms with van der Waals surface area (Å²) in [5.74, 6) is 0.521. The molecule has 0 aliphatic heterocycles. The molecule has 0 saturated carbocycles. The second kappa shape index (κ2) is 10.4. The number of nitrogens with one attached hydrogen (secondary N) is 2. The minimum absolute atomic E-state index is 0.0279. The maximum Gasteiger partial charge on any atom is 0.271 e. The Balaban J connectivity index is 1.44. The lowest BCUT2D eigenvalue weighted by molar-refractivity contribution is -0.119. The van der Waals surface area contributed by atoms with Crippen LogP contribution in [0.2, 0.25) is 5.02 Å². The van der Waals surface area contributed by atoms with Gasteiger partial charge in [0.1, 0.15) is 5.76 Å². The van der Waals surface area contributed by atoms with Gasteiger partial charge in [-0.05, 0) is 30.7 Å². The molecule has 8 nitrogen and oxygen atoms in total. The van der Waals surface area contributed by atoms with Crippen molar-refractivity contribution in [3.05, 3.63) is 88.8 Å². The normalized spacial score (nSPS) is 10.7. The quantitative estimate of drug-likeness (QED) is 0.304. The smallest absolute Gasteiger partial charge is 0.271 e. The van der Waals surface area contributed by atoms with E-state index < -0.39 is 11.8 Å². The number of benzene rings is 2. The number of carbonyl (C=O) groups is 2. The van der Waals surface area contributed by atoms with Gasteiger partial charge in [0.15, 0.2) is 11.0 Å². The van der Waals surface area contributed by atoms with Crippen LogP contribution in [-0.4, -0.2) is 32.3 Å². The number of hydrogen-bond donors (Lipinski definition) is 2. The van der Waals surface area contributed by atoms with Crippen LogP contribution in [0.3, 0.4) is 0 Å². The molecule has 33 heavy (non-hydrogen) atoms. The Labute approximate surface area is 199 Å². The van der Waals surface area contributed by atoms with Crippen molar-refractivity contribution in [1.82, 2.24) is 25.6 Å². The van der Waals surface area contributed by atoms with Gasteiger partial charge in [0, 0.05) is 0 Å². The minimum Gasteiger partial charge on any atom is -0.469 e.